The zero-order valence-corrected chi connectivity index (χ0v) is 13.0. The van der Waals surface area contributed by atoms with Gasteiger partial charge in [0.15, 0.2) is 5.69 Å². The monoisotopic (exact) mass is 329 g/mol. The molecule has 0 bridgehead atoms. The van der Waals surface area contributed by atoms with Crippen LogP contribution in [-0.4, -0.2) is 10.1 Å². The number of phenols is 1. The lowest BCUT2D eigenvalue weighted by Crippen LogP contribution is -2.11. The third kappa shape index (κ3) is 3.35. The Bertz CT molecular complexity index is 706. The molecule has 1 aromatic heterocycles. The summed E-state index contributed by atoms with van der Waals surface area (Å²) < 4.78 is 38.1. The zero-order chi connectivity index (χ0) is 16.7. The average molecular weight is 330 g/mol. The van der Waals surface area contributed by atoms with Crippen LogP contribution in [0, 0.1) is 0 Å². The van der Waals surface area contributed by atoms with E-state index in [9.17, 15) is 18.3 Å². The van der Waals surface area contributed by atoms with E-state index in [0.29, 0.717) is 11.1 Å². The SMILES string of the molecule is CC(C)(C)c1ccc(O)c(-c2cnc(C(F)(F)F)c(Cl)c2)c1. The Hall–Kier alpha value is -1.75. The van der Waals surface area contributed by atoms with Gasteiger partial charge in [0.1, 0.15) is 5.75 Å². The first-order chi connectivity index (χ1) is 10.00. The summed E-state index contributed by atoms with van der Waals surface area (Å²) in [6.07, 6.45) is -3.54. The van der Waals surface area contributed by atoms with Crippen molar-refractivity contribution in [2.24, 2.45) is 0 Å². The molecule has 2 rings (SSSR count). The van der Waals surface area contributed by atoms with Crippen molar-refractivity contribution in [3.8, 4) is 16.9 Å². The van der Waals surface area contributed by atoms with E-state index in [0.717, 1.165) is 11.8 Å². The molecule has 1 heterocycles. The highest BCUT2D eigenvalue weighted by molar-refractivity contribution is 6.31. The number of aromatic nitrogens is 1. The van der Waals surface area contributed by atoms with Crippen LogP contribution in [-0.2, 0) is 11.6 Å². The Morgan fingerprint density at radius 1 is 1.09 bits per heavy atom. The highest BCUT2D eigenvalue weighted by atomic mass is 35.5. The molecule has 1 N–H and O–H groups in total. The molecule has 22 heavy (non-hydrogen) atoms. The van der Waals surface area contributed by atoms with Crippen LogP contribution in [0.5, 0.6) is 5.75 Å². The molecule has 0 aliphatic carbocycles. The summed E-state index contributed by atoms with van der Waals surface area (Å²) in [5.41, 5.74) is 0.379. The second kappa shape index (κ2) is 5.47. The topological polar surface area (TPSA) is 33.1 Å². The molecule has 0 fully saturated rings. The first-order valence-corrected chi connectivity index (χ1v) is 6.94. The second-order valence-corrected chi connectivity index (χ2v) is 6.44. The molecule has 0 radical (unpaired) electrons. The van der Waals surface area contributed by atoms with Crippen molar-refractivity contribution < 1.29 is 18.3 Å². The molecule has 2 nitrogen and oxygen atoms in total. The molecule has 0 aliphatic heterocycles. The van der Waals surface area contributed by atoms with Crippen LogP contribution >= 0.6 is 11.6 Å². The van der Waals surface area contributed by atoms with Gasteiger partial charge in [-0.3, -0.25) is 0 Å². The van der Waals surface area contributed by atoms with Gasteiger partial charge in [-0.15, -0.1) is 0 Å². The number of hydrogen-bond acceptors (Lipinski definition) is 2. The molecule has 6 heteroatoms. The molecule has 118 valence electrons. The maximum Gasteiger partial charge on any atom is 0.434 e. The lowest BCUT2D eigenvalue weighted by molar-refractivity contribution is -0.141. The van der Waals surface area contributed by atoms with Gasteiger partial charge in [0, 0.05) is 17.3 Å². The van der Waals surface area contributed by atoms with Crippen LogP contribution < -0.4 is 0 Å². The minimum Gasteiger partial charge on any atom is -0.507 e. The molecule has 0 saturated carbocycles. The Morgan fingerprint density at radius 2 is 1.73 bits per heavy atom. The summed E-state index contributed by atoms with van der Waals surface area (Å²) in [6, 6.07) is 6.19. The summed E-state index contributed by atoms with van der Waals surface area (Å²) in [5.74, 6) is -0.0365. The van der Waals surface area contributed by atoms with Gasteiger partial charge in [-0.2, -0.15) is 13.2 Å². The Kier molecular flexibility index (Phi) is 4.13. The average Bonchev–Trinajstić information content (AvgIpc) is 2.36. The van der Waals surface area contributed by atoms with Gasteiger partial charge >= 0.3 is 6.18 Å². The molecular weight excluding hydrogens is 315 g/mol. The van der Waals surface area contributed by atoms with E-state index in [4.69, 9.17) is 11.6 Å². The largest absolute Gasteiger partial charge is 0.507 e. The van der Waals surface area contributed by atoms with Crippen LogP contribution in [0.25, 0.3) is 11.1 Å². The summed E-state index contributed by atoms with van der Waals surface area (Å²) in [7, 11) is 0. The van der Waals surface area contributed by atoms with Crippen molar-refractivity contribution in [1.29, 1.82) is 0 Å². The van der Waals surface area contributed by atoms with E-state index in [-0.39, 0.29) is 11.2 Å². The van der Waals surface area contributed by atoms with Gasteiger partial charge in [0.05, 0.1) is 5.02 Å². The second-order valence-electron chi connectivity index (χ2n) is 6.03. The van der Waals surface area contributed by atoms with E-state index >= 15 is 0 Å². The maximum atomic E-state index is 12.7. The van der Waals surface area contributed by atoms with Crippen molar-refractivity contribution in [1.82, 2.24) is 4.98 Å². The molecule has 0 amide bonds. The Morgan fingerprint density at radius 3 is 2.23 bits per heavy atom. The molecule has 0 aliphatic rings. The van der Waals surface area contributed by atoms with Gasteiger partial charge in [-0.25, -0.2) is 4.98 Å². The molecule has 0 saturated heterocycles. The number of halogens is 4. The van der Waals surface area contributed by atoms with Crippen LogP contribution in [0.2, 0.25) is 5.02 Å². The summed E-state index contributed by atoms with van der Waals surface area (Å²) in [6.45, 7) is 6.00. The van der Waals surface area contributed by atoms with E-state index in [1.54, 1.807) is 12.1 Å². The van der Waals surface area contributed by atoms with Crippen LogP contribution in [0.3, 0.4) is 0 Å². The van der Waals surface area contributed by atoms with Crippen molar-refractivity contribution in [3.63, 3.8) is 0 Å². The highest BCUT2D eigenvalue weighted by Crippen LogP contribution is 2.38. The molecule has 2 aromatic rings. The lowest BCUT2D eigenvalue weighted by atomic mass is 9.85. The molecular formula is C16H15ClF3NO. The fourth-order valence-electron chi connectivity index (χ4n) is 2.03. The van der Waals surface area contributed by atoms with Crippen molar-refractivity contribution in [2.75, 3.05) is 0 Å². The minimum absolute atomic E-state index is 0.0365. The number of nitrogens with zero attached hydrogens (tertiary/aromatic N) is 1. The standard InChI is InChI=1S/C16H15ClF3NO/c1-15(2,3)10-4-5-13(22)11(7-10)9-6-12(17)14(21-8-9)16(18,19)20/h4-8,22H,1-3H3. The number of alkyl halides is 3. The number of rotatable bonds is 1. The lowest BCUT2D eigenvalue weighted by Gasteiger charge is -2.20. The number of benzene rings is 1. The predicted molar refractivity (Wildman–Crippen MR) is 80.0 cm³/mol. The summed E-state index contributed by atoms with van der Waals surface area (Å²) >= 11 is 5.68. The Labute approximate surface area is 131 Å². The van der Waals surface area contributed by atoms with Gasteiger partial charge in [-0.05, 0) is 29.2 Å². The van der Waals surface area contributed by atoms with E-state index < -0.39 is 16.9 Å². The predicted octanol–water partition coefficient (Wildman–Crippen LogP) is 5.42. The molecule has 0 spiro atoms. The van der Waals surface area contributed by atoms with E-state index in [1.165, 1.54) is 12.1 Å². The molecule has 1 aromatic carbocycles. The van der Waals surface area contributed by atoms with Crippen LogP contribution in [0.4, 0.5) is 13.2 Å². The van der Waals surface area contributed by atoms with Gasteiger partial charge in [0.25, 0.3) is 0 Å². The van der Waals surface area contributed by atoms with Gasteiger partial charge in [0.2, 0.25) is 0 Å². The van der Waals surface area contributed by atoms with Crippen LogP contribution in [0.1, 0.15) is 32.0 Å². The fraction of sp³-hybridized carbons (Fsp3) is 0.312. The third-order valence-corrected chi connectivity index (χ3v) is 3.57. The Balaban J connectivity index is 2.55. The highest BCUT2D eigenvalue weighted by Gasteiger charge is 2.35. The van der Waals surface area contributed by atoms with E-state index in [2.05, 4.69) is 4.98 Å². The third-order valence-electron chi connectivity index (χ3n) is 3.28. The zero-order valence-electron chi connectivity index (χ0n) is 12.3. The number of phenolic OH excluding ortho intramolecular Hbond substituents is 1. The summed E-state index contributed by atoms with van der Waals surface area (Å²) in [5, 5.41) is 9.49. The van der Waals surface area contributed by atoms with Crippen molar-refractivity contribution in [2.45, 2.75) is 32.4 Å². The van der Waals surface area contributed by atoms with Crippen molar-refractivity contribution >= 4 is 11.6 Å². The smallest absolute Gasteiger partial charge is 0.434 e. The first-order valence-electron chi connectivity index (χ1n) is 6.57. The normalized spacial score (nSPS) is 12.5. The van der Waals surface area contributed by atoms with E-state index in [1.807, 2.05) is 20.8 Å². The number of hydrogen-bond donors (Lipinski definition) is 1. The maximum absolute atomic E-state index is 12.7. The van der Waals surface area contributed by atoms with Gasteiger partial charge < -0.3 is 5.11 Å². The molecule has 0 atom stereocenters. The number of aromatic hydroxyl groups is 1. The minimum atomic E-state index is -4.61. The summed E-state index contributed by atoms with van der Waals surface area (Å²) in [4.78, 5) is 3.39. The fourth-order valence-corrected chi connectivity index (χ4v) is 2.30. The molecule has 0 unspecified atom stereocenters. The van der Waals surface area contributed by atoms with Crippen molar-refractivity contribution in [3.05, 3.63) is 46.7 Å². The quantitative estimate of drug-likeness (QED) is 0.757. The van der Waals surface area contributed by atoms with Gasteiger partial charge in [-0.1, -0.05) is 38.4 Å². The van der Waals surface area contributed by atoms with Crippen LogP contribution in [0.15, 0.2) is 30.5 Å². The number of pyridine rings is 1. The first kappa shape index (κ1) is 16.6.